The van der Waals surface area contributed by atoms with Crippen molar-refractivity contribution in [1.82, 2.24) is 5.32 Å². The number of hydrogen-bond donors (Lipinski definition) is 3. The third-order valence-electron chi connectivity index (χ3n) is 6.39. The molecular weight excluding hydrogens is 457 g/mol. The van der Waals surface area contributed by atoms with Gasteiger partial charge in [-0.05, 0) is 78.7 Å². The number of nitrogens with one attached hydrogen (secondary N) is 1. The Kier molecular flexibility index (Phi) is 7.86. The Labute approximate surface area is 203 Å². The summed E-state index contributed by atoms with van der Waals surface area (Å²) >= 11 is 3.91. The van der Waals surface area contributed by atoms with Gasteiger partial charge < -0.3 is 15.8 Å². The maximum atomic E-state index is 11.6. The Morgan fingerprint density at radius 1 is 0.853 bits per heavy atom. The van der Waals surface area contributed by atoms with Crippen LogP contribution in [0.15, 0.2) is 77.7 Å². The van der Waals surface area contributed by atoms with E-state index in [1.165, 1.54) is 46.5 Å². The molecule has 0 aromatic heterocycles. The Morgan fingerprint density at radius 3 is 1.94 bits per heavy atom. The van der Waals surface area contributed by atoms with Crippen LogP contribution in [0, 0.1) is 0 Å². The number of fused-ring (bicyclic) bond motifs is 2. The first-order valence-electron chi connectivity index (χ1n) is 11.5. The van der Waals surface area contributed by atoms with Crippen molar-refractivity contribution < 1.29 is 17.9 Å². The van der Waals surface area contributed by atoms with Gasteiger partial charge >= 0.3 is 6.36 Å². The zero-order valence-corrected chi connectivity index (χ0v) is 19.7. The highest BCUT2D eigenvalue weighted by atomic mass is 32.1. The van der Waals surface area contributed by atoms with Crippen LogP contribution in [0.1, 0.15) is 41.0 Å². The third kappa shape index (κ3) is 6.34. The second kappa shape index (κ2) is 10.8. The molecule has 1 aliphatic carbocycles. The molecule has 180 valence electrons. The molecule has 0 bridgehead atoms. The van der Waals surface area contributed by atoms with Crippen molar-refractivity contribution >= 4 is 12.6 Å². The van der Waals surface area contributed by atoms with Gasteiger partial charge in [-0.1, -0.05) is 48.5 Å². The lowest BCUT2D eigenvalue weighted by atomic mass is 9.79. The van der Waals surface area contributed by atoms with Crippen LogP contribution in [0.25, 0.3) is 0 Å². The van der Waals surface area contributed by atoms with E-state index in [0.717, 1.165) is 32.2 Å². The first kappa shape index (κ1) is 24.6. The number of piperidine rings is 1. The lowest BCUT2D eigenvalue weighted by Gasteiger charge is -2.35. The van der Waals surface area contributed by atoms with Gasteiger partial charge in [-0.3, -0.25) is 0 Å². The summed E-state index contributed by atoms with van der Waals surface area (Å²) in [5, 5.41) is 3.75. The zero-order valence-electron chi connectivity index (χ0n) is 18.8. The van der Waals surface area contributed by atoms with Crippen LogP contribution in [-0.4, -0.2) is 25.0 Å². The van der Waals surface area contributed by atoms with E-state index < -0.39 is 6.36 Å². The first-order chi connectivity index (χ1) is 16.3. The fourth-order valence-corrected chi connectivity index (χ4v) is 5.03. The number of benzene rings is 3. The summed E-state index contributed by atoms with van der Waals surface area (Å²) in [6.45, 7) is 1.03. The predicted molar refractivity (Wildman–Crippen MR) is 132 cm³/mol. The van der Waals surface area contributed by atoms with Crippen molar-refractivity contribution in [3.05, 3.63) is 95.1 Å². The average Bonchev–Trinajstić information content (AvgIpc) is 2.97. The number of hydrogen-bond acceptors (Lipinski definition) is 4. The van der Waals surface area contributed by atoms with Crippen molar-refractivity contribution in [3.8, 4) is 5.75 Å². The van der Waals surface area contributed by atoms with Crippen LogP contribution in [-0.2, 0) is 12.8 Å². The van der Waals surface area contributed by atoms with Gasteiger partial charge in [-0.25, -0.2) is 0 Å². The highest BCUT2D eigenvalue weighted by molar-refractivity contribution is 7.80. The Balaban J connectivity index is 0.000000195. The highest BCUT2D eigenvalue weighted by Gasteiger charge is 2.33. The molecular formula is C27H29F3N2OS. The Bertz CT molecular complexity index is 1040. The normalized spacial score (nSPS) is 20.3. The summed E-state index contributed by atoms with van der Waals surface area (Å²) in [5.74, 6) is 0.196. The van der Waals surface area contributed by atoms with Gasteiger partial charge in [0.15, 0.2) is 0 Å². The summed E-state index contributed by atoms with van der Waals surface area (Å²) in [6.07, 6.45) is -0.192. The van der Waals surface area contributed by atoms with Gasteiger partial charge in [0.05, 0.1) is 0 Å². The molecule has 3 aromatic rings. The van der Waals surface area contributed by atoms with Crippen LogP contribution in [0.3, 0.4) is 0 Å². The van der Waals surface area contributed by atoms with Crippen LogP contribution < -0.4 is 15.8 Å². The molecule has 7 heteroatoms. The van der Waals surface area contributed by atoms with Gasteiger partial charge in [-0.2, -0.15) is 0 Å². The number of ether oxygens (including phenoxy) is 1. The van der Waals surface area contributed by atoms with E-state index in [9.17, 15) is 13.2 Å². The number of rotatable bonds is 2. The van der Waals surface area contributed by atoms with Gasteiger partial charge in [0.1, 0.15) is 5.75 Å². The molecule has 5 rings (SSSR count). The quantitative estimate of drug-likeness (QED) is 0.397. The predicted octanol–water partition coefficient (Wildman–Crippen LogP) is 5.87. The number of aryl methyl sites for hydroxylation is 2. The van der Waals surface area contributed by atoms with Crippen LogP contribution in [0.2, 0.25) is 0 Å². The molecule has 0 amide bonds. The smallest absolute Gasteiger partial charge is 0.406 e. The lowest BCUT2D eigenvalue weighted by Crippen LogP contribution is -2.47. The minimum Gasteiger partial charge on any atom is -0.406 e. The minimum atomic E-state index is -4.63. The number of nitrogens with two attached hydrogens (primary N) is 1. The molecule has 0 saturated carbocycles. The molecule has 3 aromatic carbocycles. The van der Waals surface area contributed by atoms with Crippen molar-refractivity contribution in [2.24, 2.45) is 5.73 Å². The van der Waals surface area contributed by atoms with E-state index in [-0.39, 0.29) is 5.75 Å². The van der Waals surface area contributed by atoms with E-state index >= 15 is 0 Å². The summed E-state index contributed by atoms with van der Waals surface area (Å²) in [7, 11) is 0. The maximum absolute atomic E-state index is 11.6. The molecule has 1 fully saturated rings. The molecule has 0 radical (unpaired) electrons. The summed E-state index contributed by atoms with van der Waals surface area (Å²) in [6, 6.07) is 24.0. The monoisotopic (exact) mass is 486 g/mol. The van der Waals surface area contributed by atoms with E-state index in [2.05, 4.69) is 71.2 Å². The summed E-state index contributed by atoms with van der Waals surface area (Å²) in [5.41, 5.74) is 12.3. The van der Waals surface area contributed by atoms with Crippen molar-refractivity contribution in [3.63, 3.8) is 0 Å². The molecule has 1 aliphatic heterocycles. The van der Waals surface area contributed by atoms with E-state index in [1.807, 2.05) is 0 Å². The molecule has 2 unspecified atom stereocenters. The second-order valence-electron chi connectivity index (χ2n) is 8.76. The molecule has 1 saturated heterocycles. The Hall–Kier alpha value is -2.48. The van der Waals surface area contributed by atoms with E-state index in [0.29, 0.717) is 22.9 Å². The zero-order chi connectivity index (χ0) is 24.1. The summed E-state index contributed by atoms with van der Waals surface area (Å²) < 4.78 is 38.4. The van der Waals surface area contributed by atoms with Crippen molar-refractivity contribution in [2.45, 2.75) is 54.9 Å². The average molecular weight is 487 g/mol. The molecule has 34 heavy (non-hydrogen) atoms. The fraction of sp³-hybridized carbons (Fsp3) is 0.333. The molecule has 0 spiro atoms. The van der Waals surface area contributed by atoms with E-state index in [4.69, 9.17) is 5.73 Å². The van der Waals surface area contributed by atoms with Gasteiger partial charge in [0.25, 0.3) is 0 Å². The fourth-order valence-electron chi connectivity index (χ4n) is 4.88. The van der Waals surface area contributed by atoms with Gasteiger partial charge in [0, 0.05) is 22.9 Å². The van der Waals surface area contributed by atoms with Gasteiger partial charge in [-0.15, -0.1) is 25.8 Å². The van der Waals surface area contributed by atoms with Crippen molar-refractivity contribution in [2.75, 3.05) is 6.54 Å². The molecule has 1 heterocycles. The molecule has 2 aliphatic rings. The largest absolute Gasteiger partial charge is 0.573 e. The van der Waals surface area contributed by atoms with Crippen LogP contribution in [0.5, 0.6) is 5.75 Å². The second-order valence-corrected chi connectivity index (χ2v) is 9.28. The standard InChI is InChI=1S/C20H24N2.C7H5F3OS/c21-16-11-12-22-19(13-16)20-17-7-3-1-5-14(17)9-10-15-6-2-4-8-18(15)20;8-7(9,10)11-5-1-3-6(12)4-2-5/h1-8,16,19-20,22H,9-13,21H2;1-4,12H. The lowest BCUT2D eigenvalue weighted by molar-refractivity contribution is -0.274. The molecule has 3 N–H and O–H groups in total. The van der Waals surface area contributed by atoms with E-state index in [1.54, 1.807) is 0 Å². The minimum absolute atomic E-state index is 0.236. The Morgan fingerprint density at radius 2 is 1.41 bits per heavy atom. The molecule has 2 atom stereocenters. The first-order valence-corrected chi connectivity index (χ1v) is 11.9. The van der Waals surface area contributed by atoms with Gasteiger partial charge in [0.2, 0.25) is 0 Å². The number of alkyl halides is 3. The highest BCUT2D eigenvalue weighted by Crippen LogP contribution is 2.38. The SMILES string of the molecule is FC(F)(F)Oc1ccc(S)cc1.NC1CCNC(C2c3ccccc3CCc3ccccc32)C1. The third-order valence-corrected chi connectivity index (χ3v) is 6.69. The van der Waals surface area contributed by atoms with Crippen LogP contribution in [0.4, 0.5) is 13.2 Å². The summed E-state index contributed by atoms with van der Waals surface area (Å²) in [4.78, 5) is 0.588. The topological polar surface area (TPSA) is 47.3 Å². The number of thiol groups is 1. The van der Waals surface area contributed by atoms with Crippen LogP contribution >= 0.6 is 12.6 Å². The van der Waals surface area contributed by atoms with Crippen molar-refractivity contribution in [1.29, 1.82) is 0 Å². The molecule has 3 nitrogen and oxygen atoms in total. The maximum Gasteiger partial charge on any atom is 0.573 e. The number of halogens is 3.